The predicted molar refractivity (Wildman–Crippen MR) is 62.0 cm³/mol. The molecule has 0 fully saturated rings. The molecule has 0 N–H and O–H groups in total. The van der Waals surface area contributed by atoms with Crippen LogP contribution in [-0.4, -0.2) is 13.9 Å². The predicted octanol–water partition coefficient (Wildman–Crippen LogP) is 3.96. The third kappa shape index (κ3) is 5.91. The summed E-state index contributed by atoms with van der Waals surface area (Å²) in [5.41, 5.74) is -5.12. The zero-order valence-electron chi connectivity index (χ0n) is 9.76. The van der Waals surface area contributed by atoms with Gasteiger partial charge in [0.05, 0.1) is 0 Å². The van der Waals surface area contributed by atoms with E-state index in [0.717, 1.165) is 25.3 Å². The van der Waals surface area contributed by atoms with Gasteiger partial charge in [0.2, 0.25) is 0 Å². The first-order chi connectivity index (χ1) is 7.74. The number of alkyl halides is 3. The minimum Gasteiger partial charge on any atom is -0.215 e. The van der Waals surface area contributed by atoms with E-state index in [1.165, 1.54) is 0 Å². The van der Waals surface area contributed by atoms with Gasteiger partial charge in [-0.15, -0.1) is 0 Å². The van der Waals surface area contributed by atoms with Crippen LogP contribution in [0.15, 0.2) is 23.6 Å². The molecule has 17 heavy (non-hydrogen) atoms. The molecule has 100 valence electrons. The lowest BCUT2D eigenvalue weighted by Crippen LogP contribution is -2.20. The Balaban J connectivity index is 4.61. The molecule has 0 saturated heterocycles. The fraction of sp³-hybridized carbons (Fsp3) is 0.636. The monoisotopic (exact) mass is 270 g/mol. The number of unbranched alkanes of at least 4 members (excludes halogenated alkanes) is 3. The summed E-state index contributed by atoms with van der Waals surface area (Å²) in [6, 6.07) is 0. The molecule has 0 aromatic heterocycles. The third-order valence-corrected chi connectivity index (χ3v) is 3.47. The van der Waals surface area contributed by atoms with E-state index in [2.05, 4.69) is 6.58 Å². The van der Waals surface area contributed by atoms with Crippen molar-refractivity contribution in [3.05, 3.63) is 23.6 Å². The van der Waals surface area contributed by atoms with Crippen molar-refractivity contribution in [2.75, 3.05) is 0 Å². The number of rotatable bonds is 7. The third-order valence-electron chi connectivity index (χ3n) is 2.21. The lowest BCUT2D eigenvalue weighted by Gasteiger charge is -2.06. The van der Waals surface area contributed by atoms with E-state index in [1.54, 1.807) is 0 Å². The smallest absolute Gasteiger partial charge is 0.215 e. The minimum atomic E-state index is -5.23. The van der Waals surface area contributed by atoms with Gasteiger partial charge in [0, 0.05) is 5.41 Å². The van der Waals surface area contributed by atoms with Gasteiger partial charge in [-0.1, -0.05) is 38.8 Å². The van der Waals surface area contributed by atoms with Crippen LogP contribution in [0.3, 0.4) is 0 Å². The van der Waals surface area contributed by atoms with Gasteiger partial charge in [0.25, 0.3) is 9.84 Å². The molecular weight excluding hydrogens is 253 g/mol. The van der Waals surface area contributed by atoms with Gasteiger partial charge >= 0.3 is 5.51 Å². The Morgan fingerprint density at radius 2 is 1.82 bits per heavy atom. The largest absolute Gasteiger partial charge is 0.501 e. The fourth-order valence-electron chi connectivity index (χ4n) is 1.23. The first-order valence-corrected chi connectivity index (χ1v) is 6.93. The van der Waals surface area contributed by atoms with Crippen LogP contribution >= 0.6 is 0 Å². The Labute approximate surface area is 100 Å². The maximum absolute atomic E-state index is 12.1. The van der Waals surface area contributed by atoms with Crippen LogP contribution < -0.4 is 0 Å². The SMILES string of the molecule is C=C/C(=C\S(=O)(=O)C(F)(F)F)CCCCCC. The van der Waals surface area contributed by atoms with Crippen LogP contribution in [0.1, 0.15) is 39.0 Å². The molecule has 0 aromatic rings. The second-order valence-electron chi connectivity index (χ2n) is 3.70. The highest BCUT2D eigenvalue weighted by molar-refractivity contribution is 7.95. The molecule has 6 heteroatoms. The average molecular weight is 270 g/mol. The Kier molecular flexibility index (Phi) is 6.52. The molecule has 0 unspecified atom stereocenters. The second-order valence-corrected chi connectivity index (χ2v) is 5.49. The lowest BCUT2D eigenvalue weighted by molar-refractivity contribution is -0.0423. The molecule has 0 atom stereocenters. The molecule has 2 nitrogen and oxygen atoms in total. The first kappa shape index (κ1) is 16.2. The molecule has 0 spiro atoms. The van der Waals surface area contributed by atoms with E-state index in [9.17, 15) is 21.6 Å². The summed E-state index contributed by atoms with van der Waals surface area (Å²) in [7, 11) is -5.19. The minimum absolute atomic E-state index is 0.110. The molecular formula is C11H17F3O2S. The van der Waals surface area contributed by atoms with E-state index in [0.29, 0.717) is 12.8 Å². The highest BCUT2D eigenvalue weighted by Gasteiger charge is 2.44. The van der Waals surface area contributed by atoms with Gasteiger partial charge < -0.3 is 0 Å². The van der Waals surface area contributed by atoms with Gasteiger partial charge in [-0.3, -0.25) is 0 Å². The van der Waals surface area contributed by atoms with Gasteiger partial charge in [-0.05, 0) is 18.4 Å². The fourth-order valence-corrected chi connectivity index (χ4v) is 1.98. The highest BCUT2D eigenvalue weighted by Crippen LogP contribution is 2.26. The maximum Gasteiger partial charge on any atom is 0.501 e. The van der Waals surface area contributed by atoms with Crippen molar-refractivity contribution in [3.8, 4) is 0 Å². The van der Waals surface area contributed by atoms with Crippen molar-refractivity contribution in [3.63, 3.8) is 0 Å². The molecule has 0 amide bonds. The number of allylic oxidation sites excluding steroid dienone is 2. The number of sulfone groups is 1. The molecule has 0 aliphatic rings. The molecule has 0 aromatic carbocycles. The Hall–Kier alpha value is -0.780. The van der Waals surface area contributed by atoms with Crippen molar-refractivity contribution in [1.82, 2.24) is 0 Å². The van der Waals surface area contributed by atoms with E-state index >= 15 is 0 Å². The van der Waals surface area contributed by atoms with Crippen LogP contribution in [0, 0.1) is 0 Å². The molecule has 0 bridgehead atoms. The van der Waals surface area contributed by atoms with E-state index in [4.69, 9.17) is 0 Å². The molecule has 0 aliphatic carbocycles. The number of hydrogen-bond donors (Lipinski definition) is 0. The lowest BCUT2D eigenvalue weighted by atomic mass is 10.1. The summed E-state index contributed by atoms with van der Waals surface area (Å²) in [4.78, 5) is 0. The molecule has 0 radical (unpaired) electrons. The maximum atomic E-state index is 12.1. The molecule has 0 saturated carbocycles. The van der Waals surface area contributed by atoms with Crippen molar-refractivity contribution in [1.29, 1.82) is 0 Å². The molecule has 0 heterocycles. The van der Waals surface area contributed by atoms with Crippen LogP contribution in [-0.2, 0) is 9.84 Å². The van der Waals surface area contributed by atoms with Crippen LogP contribution in [0.2, 0.25) is 0 Å². The van der Waals surface area contributed by atoms with Crippen molar-refractivity contribution < 1.29 is 21.6 Å². The normalized spacial score (nSPS) is 13.8. The zero-order valence-corrected chi connectivity index (χ0v) is 10.6. The number of halogens is 3. The average Bonchev–Trinajstić information content (AvgIpc) is 2.20. The van der Waals surface area contributed by atoms with E-state index in [-0.39, 0.29) is 11.0 Å². The Morgan fingerprint density at radius 1 is 1.24 bits per heavy atom. The standard InChI is InChI=1S/C11H17F3O2S/c1-3-5-6-7-8-10(4-2)9-17(15,16)11(12,13)14/h4,9H,2-3,5-8H2,1H3/b10-9+. The van der Waals surface area contributed by atoms with Crippen LogP contribution in [0.5, 0.6) is 0 Å². The Morgan fingerprint density at radius 3 is 2.24 bits per heavy atom. The van der Waals surface area contributed by atoms with Gasteiger partial charge in [0.1, 0.15) is 0 Å². The first-order valence-electron chi connectivity index (χ1n) is 5.39. The van der Waals surface area contributed by atoms with Gasteiger partial charge in [-0.25, -0.2) is 8.42 Å². The summed E-state index contributed by atoms with van der Waals surface area (Å²) in [5, 5.41) is 0.270. The van der Waals surface area contributed by atoms with Gasteiger partial charge in [0.15, 0.2) is 0 Å². The topological polar surface area (TPSA) is 34.1 Å². The van der Waals surface area contributed by atoms with Crippen molar-refractivity contribution in [2.45, 2.75) is 44.5 Å². The highest BCUT2D eigenvalue weighted by atomic mass is 32.2. The summed E-state index contributed by atoms with van der Waals surface area (Å²) in [5.74, 6) is 0. The van der Waals surface area contributed by atoms with Crippen LogP contribution in [0.25, 0.3) is 0 Å². The summed E-state index contributed by atoms with van der Waals surface area (Å²) >= 11 is 0. The van der Waals surface area contributed by atoms with E-state index in [1.807, 2.05) is 6.92 Å². The summed E-state index contributed by atoms with van der Waals surface area (Å²) < 4.78 is 58.0. The summed E-state index contributed by atoms with van der Waals surface area (Å²) in [6.07, 6.45) is 4.99. The quantitative estimate of drug-likeness (QED) is 0.518. The Bertz CT molecular complexity index is 367. The summed E-state index contributed by atoms with van der Waals surface area (Å²) in [6.45, 7) is 5.34. The van der Waals surface area contributed by atoms with Crippen LogP contribution in [0.4, 0.5) is 13.2 Å². The van der Waals surface area contributed by atoms with Crippen molar-refractivity contribution >= 4 is 9.84 Å². The zero-order chi connectivity index (χ0) is 13.5. The van der Waals surface area contributed by atoms with Gasteiger partial charge in [-0.2, -0.15) is 13.2 Å². The van der Waals surface area contributed by atoms with E-state index < -0.39 is 15.3 Å². The van der Waals surface area contributed by atoms with Crippen molar-refractivity contribution in [2.24, 2.45) is 0 Å². The molecule has 0 aliphatic heterocycles. The molecule has 0 rings (SSSR count). The number of hydrogen-bond acceptors (Lipinski definition) is 2. The second kappa shape index (κ2) is 6.83.